The second kappa shape index (κ2) is 5.92. The molecule has 6 heteroatoms. The van der Waals surface area contributed by atoms with Crippen molar-refractivity contribution in [1.82, 2.24) is 4.90 Å². The minimum absolute atomic E-state index is 0.0175. The van der Waals surface area contributed by atoms with Crippen LogP contribution in [-0.4, -0.2) is 30.6 Å². The lowest BCUT2D eigenvalue weighted by Gasteiger charge is -2.28. The fourth-order valence-corrected chi connectivity index (χ4v) is 3.64. The molecule has 1 fully saturated rings. The van der Waals surface area contributed by atoms with E-state index in [0.29, 0.717) is 30.0 Å². The molecule has 1 atom stereocenters. The summed E-state index contributed by atoms with van der Waals surface area (Å²) < 4.78 is 17.5. The third-order valence-corrected chi connectivity index (χ3v) is 4.91. The van der Waals surface area contributed by atoms with Crippen molar-refractivity contribution < 1.29 is 18.7 Å². The second-order valence-corrected chi connectivity index (χ2v) is 6.48. The molecule has 1 saturated heterocycles. The maximum Gasteiger partial charge on any atom is 0.291 e. The minimum atomic E-state index is -0.0984. The third-order valence-electron chi connectivity index (χ3n) is 4.28. The first-order valence-corrected chi connectivity index (χ1v) is 8.47. The van der Waals surface area contributed by atoms with Gasteiger partial charge in [0.05, 0.1) is 16.8 Å². The Morgan fingerprint density at radius 3 is 2.91 bits per heavy atom. The topological polar surface area (TPSA) is 51.9 Å². The van der Waals surface area contributed by atoms with Crippen LogP contribution in [0, 0.1) is 0 Å². The molecule has 0 N–H and O–H groups in total. The zero-order valence-electron chi connectivity index (χ0n) is 12.5. The maximum absolute atomic E-state index is 12.8. The van der Waals surface area contributed by atoms with E-state index in [-0.39, 0.29) is 11.9 Å². The molecule has 120 valence electrons. The van der Waals surface area contributed by atoms with Crippen LogP contribution in [0.5, 0.6) is 11.5 Å². The summed E-state index contributed by atoms with van der Waals surface area (Å²) in [6.07, 6.45) is 3.38. The number of nitrogens with zero attached hydrogens (tertiary/aromatic N) is 1. The van der Waals surface area contributed by atoms with Crippen LogP contribution in [-0.2, 0) is 0 Å². The molecule has 0 radical (unpaired) electrons. The number of carbonyl (C=O) groups excluding carboxylic acids is 1. The average molecular weight is 378 g/mol. The van der Waals surface area contributed by atoms with E-state index in [1.54, 1.807) is 6.07 Å². The molecule has 2 aliphatic rings. The average Bonchev–Trinajstić information content (AvgIpc) is 3.22. The van der Waals surface area contributed by atoms with Crippen LogP contribution in [0.1, 0.15) is 35.0 Å². The smallest absolute Gasteiger partial charge is 0.291 e. The Hall–Kier alpha value is -1.95. The number of rotatable bonds is 2. The highest BCUT2D eigenvalue weighted by atomic mass is 79.9. The Labute approximate surface area is 142 Å². The SMILES string of the molecule is O=C(c1occc1Br)N1CCCC1c1cccc2c1OCCO2. The predicted molar refractivity (Wildman–Crippen MR) is 86.9 cm³/mol. The van der Waals surface area contributed by atoms with Gasteiger partial charge in [-0.2, -0.15) is 0 Å². The molecule has 0 bridgehead atoms. The first-order valence-electron chi connectivity index (χ1n) is 7.68. The van der Waals surface area contributed by atoms with Crippen molar-refractivity contribution in [2.45, 2.75) is 18.9 Å². The Balaban J connectivity index is 1.69. The van der Waals surface area contributed by atoms with Crippen LogP contribution in [0.2, 0.25) is 0 Å². The lowest BCUT2D eigenvalue weighted by atomic mass is 10.0. The van der Waals surface area contributed by atoms with Crippen LogP contribution in [0.15, 0.2) is 39.4 Å². The van der Waals surface area contributed by atoms with Crippen molar-refractivity contribution in [3.8, 4) is 11.5 Å². The molecule has 0 saturated carbocycles. The van der Waals surface area contributed by atoms with Crippen molar-refractivity contribution in [3.05, 3.63) is 46.3 Å². The number of hydrogen-bond donors (Lipinski definition) is 0. The van der Waals surface area contributed by atoms with E-state index in [0.717, 1.165) is 29.9 Å². The lowest BCUT2D eigenvalue weighted by molar-refractivity contribution is 0.0697. The maximum atomic E-state index is 12.8. The van der Waals surface area contributed by atoms with Crippen LogP contribution < -0.4 is 9.47 Å². The molecule has 2 aliphatic heterocycles. The van der Waals surface area contributed by atoms with Crippen LogP contribution >= 0.6 is 15.9 Å². The largest absolute Gasteiger partial charge is 0.486 e. The fraction of sp³-hybridized carbons (Fsp3) is 0.353. The summed E-state index contributed by atoms with van der Waals surface area (Å²) in [5.74, 6) is 1.77. The van der Waals surface area contributed by atoms with Gasteiger partial charge in [0.25, 0.3) is 5.91 Å². The molecule has 2 aromatic rings. The number of likely N-dealkylation sites (tertiary alicyclic amines) is 1. The Morgan fingerprint density at radius 2 is 2.09 bits per heavy atom. The van der Waals surface area contributed by atoms with Crippen molar-refractivity contribution in [2.24, 2.45) is 0 Å². The van der Waals surface area contributed by atoms with Gasteiger partial charge >= 0.3 is 0 Å². The summed E-state index contributed by atoms with van der Waals surface area (Å²) in [5.41, 5.74) is 1.01. The van der Waals surface area contributed by atoms with Crippen molar-refractivity contribution in [1.29, 1.82) is 0 Å². The number of hydrogen-bond acceptors (Lipinski definition) is 4. The van der Waals surface area contributed by atoms with E-state index in [9.17, 15) is 4.79 Å². The molecule has 23 heavy (non-hydrogen) atoms. The number of benzene rings is 1. The standard InChI is InChI=1S/C17H16BrNO4/c18-12-6-8-22-16(12)17(20)19-7-2-4-13(19)11-3-1-5-14-15(11)23-10-9-21-14/h1,3,5-6,8,13H,2,4,7,9-10H2. The van der Waals surface area contributed by atoms with Crippen molar-refractivity contribution >= 4 is 21.8 Å². The van der Waals surface area contributed by atoms with E-state index >= 15 is 0 Å². The summed E-state index contributed by atoms with van der Waals surface area (Å²) >= 11 is 3.36. The number of ether oxygens (including phenoxy) is 2. The van der Waals surface area contributed by atoms with Crippen molar-refractivity contribution in [2.75, 3.05) is 19.8 Å². The van der Waals surface area contributed by atoms with E-state index in [1.165, 1.54) is 6.26 Å². The quantitative estimate of drug-likeness (QED) is 0.798. The summed E-state index contributed by atoms with van der Waals surface area (Å²) in [6, 6.07) is 7.59. The van der Waals surface area contributed by atoms with E-state index in [1.807, 2.05) is 23.1 Å². The van der Waals surface area contributed by atoms with Gasteiger partial charge in [-0.05, 0) is 40.9 Å². The summed E-state index contributed by atoms with van der Waals surface area (Å²) in [4.78, 5) is 14.7. The molecular formula is C17H16BrNO4. The number of fused-ring (bicyclic) bond motifs is 1. The lowest BCUT2D eigenvalue weighted by Crippen LogP contribution is -2.31. The van der Waals surface area contributed by atoms with Gasteiger partial charge < -0.3 is 18.8 Å². The molecule has 1 unspecified atom stereocenters. The first kappa shape index (κ1) is 14.6. The van der Waals surface area contributed by atoms with Gasteiger partial charge in [0, 0.05) is 12.1 Å². The predicted octanol–water partition coefficient (Wildman–Crippen LogP) is 3.79. The summed E-state index contributed by atoms with van der Waals surface area (Å²) in [6.45, 7) is 1.80. The normalized spacial score (nSPS) is 19.9. The number of furan rings is 1. The Morgan fingerprint density at radius 1 is 1.22 bits per heavy atom. The fourth-order valence-electron chi connectivity index (χ4n) is 3.27. The van der Waals surface area contributed by atoms with Gasteiger partial charge in [-0.1, -0.05) is 12.1 Å². The molecule has 0 spiro atoms. The van der Waals surface area contributed by atoms with Crippen LogP contribution in [0.3, 0.4) is 0 Å². The number of carbonyl (C=O) groups is 1. The Bertz CT molecular complexity index is 742. The van der Waals surface area contributed by atoms with Gasteiger partial charge in [-0.25, -0.2) is 0 Å². The second-order valence-electron chi connectivity index (χ2n) is 5.63. The highest BCUT2D eigenvalue weighted by Crippen LogP contribution is 2.43. The molecule has 1 aromatic heterocycles. The molecule has 1 aromatic carbocycles. The Kier molecular flexibility index (Phi) is 3.77. The minimum Gasteiger partial charge on any atom is -0.486 e. The molecule has 5 nitrogen and oxygen atoms in total. The third kappa shape index (κ3) is 2.51. The van der Waals surface area contributed by atoms with Gasteiger partial charge in [0.1, 0.15) is 13.2 Å². The number of halogens is 1. The first-order chi connectivity index (χ1) is 11.3. The monoisotopic (exact) mass is 377 g/mol. The highest BCUT2D eigenvalue weighted by Gasteiger charge is 2.35. The zero-order valence-corrected chi connectivity index (χ0v) is 14.0. The van der Waals surface area contributed by atoms with E-state index < -0.39 is 0 Å². The van der Waals surface area contributed by atoms with Crippen LogP contribution in [0.4, 0.5) is 0 Å². The molecule has 1 amide bonds. The van der Waals surface area contributed by atoms with Gasteiger partial charge in [-0.15, -0.1) is 0 Å². The molecule has 0 aliphatic carbocycles. The van der Waals surface area contributed by atoms with Gasteiger partial charge in [0.15, 0.2) is 11.5 Å². The van der Waals surface area contributed by atoms with E-state index in [4.69, 9.17) is 13.9 Å². The van der Waals surface area contributed by atoms with Crippen LogP contribution in [0.25, 0.3) is 0 Å². The van der Waals surface area contributed by atoms with Crippen molar-refractivity contribution in [3.63, 3.8) is 0 Å². The summed E-state index contributed by atoms with van der Waals surface area (Å²) in [5, 5.41) is 0. The number of para-hydroxylation sites is 1. The number of amides is 1. The van der Waals surface area contributed by atoms with E-state index in [2.05, 4.69) is 15.9 Å². The molecular weight excluding hydrogens is 362 g/mol. The van der Waals surface area contributed by atoms with Gasteiger partial charge in [-0.3, -0.25) is 4.79 Å². The summed E-state index contributed by atoms with van der Waals surface area (Å²) in [7, 11) is 0. The van der Waals surface area contributed by atoms with Gasteiger partial charge in [0.2, 0.25) is 5.76 Å². The molecule has 3 heterocycles. The highest BCUT2D eigenvalue weighted by molar-refractivity contribution is 9.10. The molecule has 4 rings (SSSR count). The zero-order chi connectivity index (χ0) is 15.8.